The van der Waals surface area contributed by atoms with Gasteiger partial charge in [-0.15, -0.1) is 0 Å². The average Bonchev–Trinajstić information content (AvgIpc) is 2.15. The Morgan fingerprint density at radius 1 is 1.35 bits per heavy atom. The molecule has 0 aliphatic rings. The van der Waals surface area contributed by atoms with Gasteiger partial charge >= 0.3 is 5.97 Å². The van der Waals surface area contributed by atoms with Crippen molar-refractivity contribution in [3.05, 3.63) is 27.7 Å². The largest absolute Gasteiger partial charge is 0.480 e. The molecule has 0 heterocycles. The second-order valence-electron chi connectivity index (χ2n) is 3.42. The highest BCUT2D eigenvalue weighted by atomic mass is 35.5. The number of carboxylic acid groups (broad SMARTS) is 1. The summed E-state index contributed by atoms with van der Waals surface area (Å²) in [6.07, 6.45) is -0.374. The summed E-state index contributed by atoms with van der Waals surface area (Å²) >= 11 is 11.5. The fraction of sp³-hybridized carbons (Fsp3) is 0.200. The number of hydrogen-bond donors (Lipinski definition) is 3. The Kier molecular flexibility index (Phi) is 4.34. The predicted octanol–water partition coefficient (Wildman–Crippen LogP) is 1.56. The number of rotatable bonds is 4. The smallest absolute Gasteiger partial charge is 0.320 e. The van der Waals surface area contributed by atoms with Gasteiger partial charge in [0.15, 0.2) is 5.78 Å². The normalized spacial score (nSPS) is 12.2. The monoisotopic (exact) mass is 276 g/mol. The highest BCUT2D eigenvalue weighted by molar-refractivity contribution is 6.37. The first kappa shape index (κ1) is 13.8. The van der Waals surface area contributed by atoms with Crippen LogP contribution in [0.3, 0.4) is 0 Å². The van der Waals surface area contributed by atoms with Crippen molar-refractivity contribution in [3.63, 3.8) is 0 Å². The summed E-state index contributed by atoms with van der Waals surface area (Å²) in [6, 6.07) is 1.44. The molecule has 1 rings (SSSR count). The van der Waals surface area contributed by atoms with Crippen LogP contribution in [-0.2, 0) is 4.79 Å². The molecule has 0 saturated carbocycles. The minimum absolute atomic E-state index is 0.0489. The number of carbonyl (C=O) groups excluding carboxylic acids is 1. The molecule has 5 nitrogen and oxygen atoms in total. The number of carboxylic acids is 1. The third kappa shape index (κ3) is 3.33. The molecule has 0 aliphatic carbocycles. The number of nitrogen functional groups attached to an aromatic ring is 1. The van der Waals surface area contributed by atoms with E-state index in [1.54, 1.807) is 0 Å². The van der Waals surface area contributed by atoms with Crippen molar-refractivity contribution in [1.82, 2.24) is 0 Å². The van der Waals surface area contributed by atoms with Gasteiger partial charge in [-0.1, -0.05) is 23.2 Å². The van der Waals surface area contributed by atoms with Crippen LogP contribution in [0.2, 0.25) is 10.0 Å². The van der Waals surface area contributed by atoms with Gasteiger partial charge in [0.2, 0.25) is 0 Å². The molecule has 0 fully saturated rings. The van der Waals surface area contributed by atoms with Gasteiger partial charge in [0, 0.05) is 17.1 Å². The van der Waals surface area contributed by atoms with Crippen molar-refractivity contribution < 1.29 is 14.7 Å². The molecule has 0 unspecified atom stereocenters. The summed E-state index contributed by atoms with van der Waals surface area (Å²) in [5.74, 6) is -1.79. The van der Waals surface area contributed by atoms with Crippen LogP contribution in [0.5, 0.6) is 0 Å². The average molecular weight is 277 g/mol. The van der Waals surface area contributed by atoms with E-state index in [0.29, 0.717) is 5.02 Å². The fourth-order valence-corrected chi connectivity index (χ4v) is 1.89. The summed E-state index contributed by atoms with van der Waals surface area (Å²) < 4.78 is 0. The van der Waals surface area contributed by atoms with E-state index in [9.17, 15) is 9.59 Å². The molecule has 1 aromatic rings. The molecule has 0 aliphatic heterocycles. The van der Waals surface area contributed by atoms with Crippen LogP contribution in [0.4, 0.5) is 5.69 Å². The number of hydrogen-bond acceptors (Lipinski definition) is 4. The van der Waals surface area contributed by atoms with Gasteiger partial charge in [0.1, 0.15) is 6.04 Å². The maximum Gasteiger partial charge on any atom is 0.320 e. The van der Waals surface area contributed by atoms with E-state index in [-0.39, 0.29) is 22.7 Å². The molecule has 0 spiro atoms. The molecular weight excluding hydrogens is 267 g/mol. The van der Waals surface area contributed by atoms with E-state index in [1.165, 1.54) is 12.1 Å². The molecule has 7 heteroatoms. The van der Waals surface area contributed by atoms with Crippen LogP contribution in [0.15, 0.2) is 12.1 Å². The van der Waals surface area contributed by atoms with Crippen LogP contribution in [0.25, 0.3) is 0 Å². The number of aliphatic carboxylic acids is 1. The van der Waals surface area contributed by atoms with E-state index in [4.69, 9.17) is 39.8 Å². The molecule has 0 saturated heterocycles. The first-order valence-corrected chi connectivity index (χ1v) is 5.34. The molecule has 0 aromatic heterocycles. The van der Waals surface area contributed by atoms with Gasteiger partial charge in [0.05, 0.1) is 10.6 Å². The lowest BCUT2D eigenvalue weighted by molar-refractivity contribution is -0.138. The van der Waals surface area contributed by atoms with Gasteiger partial charge in [-0.25, -0.2) is 0 Å². The Hall–Kier alpha value is -1.30. The number of nitrogens with two attached hydrogens (primary N) is 2. The highest BCUT2D eigenvalue weighted by Crippen LogP contribution is 2.28. The standard InChI is InChI=1S/C10H10Cl2N2O3/c11-4-1-5(12)9(6(13)2-4)8(15)3-7(14)10(16)17/h1-2,7H,3,13-14H2,(H,16,17)/t7-/m0/s1. The van der Waals surface area contributed by atoms with Crippen LogP contribution in [0, 0.1) is 0 Å². The minimum Gasteiger partial charge on any atom is -0.480 e. The lowest BCUT2D eigenvalue weighted by atomic mass is 10.0. The zero-order valence-electron chi connectivity index (χ0n) is 8.61. The number of halogens is 2. The zero-order chi connectivity index (χ0) is 13.2. The summed E-state index contributed by atoms with van der Waals surface area (Å²) in [4.78, 5) is 22.3. The lowest BCUT2D eigenvalue weighted by Gasteiger charge is -2.09. The van der Waals surface area contributed by atoms with Gasteiger partial charge < -0.3 is 16.6 Å². The quantitative estimate of drug-likeness (QED) is 0.572. The maximum atomic E-state index is 11.8. The van der Waals surface area contributed by atoms with E-state index >= 15 is 0 Å². The van der Waals surface area contributed by atoms with Crippen molar-refractivity contribution in [2.45, 2.75) is 12.5 Å². The molecule has 1 aromatic carbocycles. The molecule has 0 amide bonds. The van der Waals surface area contributed by atoms with Crippen molar-refractivity contribution in [2.24, 2.45) is 5.73 Å². The Morgan fingerprint density at radius 3 is 2.41 bits per heavy atom. The van der Waals surface area contributed by atoms with Crippen LogP contribution < -0.4 is 11.5 Å². The third-order valence-electron chi connectivity index (χ3n) is 2.09. The van der Waals surface area contributed by atoms with Crippen molar-refractivity contribution in [2.75, 3.05) is 5.73 Å². The number of anilines is 1. The first-order chi connectivity index (χ1) is 7.82. The number of carbonyl (C=O) groups is 2. The molecule has 0 bridgehead atoms. The minimum atomic E-state index is -1.28. The number of ketones is 1. The van der Waals surface area contributed by atoms with Crippen molar-refractivity contribution in [1.29, 1.82) is 0 Å². The summed E-state index contributed by atoms with van der Waals surface area (Å²) in [5.41, 5.74) is 11.0. The van der Waals surface area contributed by atoms with E-state index in [2.05, 4.69) is 0 Å². The SMILES string of the molecule is Nc1cc(Cl)cc(Cl)c1C(=O)C[C@H](N)C(=O)O. The first-order valence-electron chi connectivity index (χ1n) is 4.59. The van der Waals surface area contributed by atoms with Gasteiger partial charge in [-0.05, 0) is 12.1 Å². The summed E-state index contributed by atoms with van der Waals surface area (Å²) in [7, 11) is 0. The van der Waals surface area contributed by atoms with Crippen molar-refractivity contribution in [3.8, 4) is 0 Å². The van der Waals surface area contributed by atoms with Crippen LogP contribution in [0.1, 0.15) is 16.8 Å². The zero-order valence-corrected chi connectivity index (χ0v) is 10.1. The third-order valence-corrected chi connectivity index (χ3v) is 2.60. The fourth-order valence-electron chi connectivity index (χ4n) is 1.28. The van der Waals surface area contributed by atoms with E-state index < -0.39 is 17.8 Å². The molecular formula is C10H10Cl2N2O3. The van der Waals surface area contributed by atoms with Crippen LogP contribution in [-0.4, -0.2) is 22.9 Å². The Morgan fingerprint density at radius 2 is 1.94 bits per heavy atom. The Labute approximate surface area is 107 Å². The molecule has 0 radical (unpaired) electrons. The Balaban J connectivity index is 3.01. The highest BCUT2D eigenvalue weighted by Gasteiger charge is 2.21. The Bertz CT molecular complexity index is 454. The predicted molar refractivity (Wildman–Crippen MR) is 65.4 cm³/mol. The van der Waals surface area contributed by atoms with E-state index in [1.807, 2.05) is 0 Å². The van der Waals surface area contributed by atoms with Gasteiger partial charge in [0.25, 0.3) is 0 Å². The lowest BCUT2D eigenvalue weighted by Crippen LogP contribution is -2.32. The van der Waals surface area contributed by atoms with Crippen molar-refractivity contribution >= 4 is 40.6 Å². The maximum absolute atomic E-state index is 11.8. The molecule has 5 N–H and O–H groups in total. The molecule has 17 heavy (non-hydrogen) atoms. The number of benzene rings is 1. The van der Waals surface area contributed by atoms with E-state index in [0.717, 1.165) is 0 Å². The molecule has 92 valence electrons. The topological polar surface area (TPSA) is 106 Å². The summed E-state index contributed by atoms with van der Waals surface area (Å²) in [5, 5.41) is 8.98. The van der Waals surface area contributed by atoms with Gasteiger partial charge in [-0.2, -0.15) is 0 Å². The second-order valence-corrected chi connectivity index (χ2v) is 4.27. The molecule has 1 atom stereocenters. The second kappa shape index (κ2) is 5.35. The van der Waals surface area contributed by atoms with Crippen LogP contribution >= 0.6 is 23.2 Å². The summed E-state index contributed by atoms with van der Waals surface area (Å²) in [6.45, 7) is 0. The number of Topliss-reactive ketones (excluding diaryl/α,β-unsaturated/α-hetero) is 1. The van der Waals surface area contributed by atoms with Gasteiger partial charge in [-0.3, -0.25) is 9.59 Å².